The molecule has 0 amide bonds. The van der Waals surface area contributed by atoms with Gasteiger partial charge in [-0.3, -0.25) is 0 Å². The summed E-state index contributed by atoms with van der Waals surface area (Å²) in [5, 5.41) is 4.19. The first-order valence-electron chi connectivity index (χ1n) is 3.61. The number of rotatable bonds is 0. The summed E-state index contributed by atoms with van der Waals surface area (Å²) in [5.74, 6) is 1.52. The maximum atomic E-state index is 5.50. The lowest BCUT2D eigenvalue weighted by Gasteiger charge is -2.20. The molecule has 11 heavy (non-hydrogen) atoms. The van der Waals surface area contributed by atoms with E-state index < -0.39 is 0 Å². The maximum absolute atomic E-state index is 5.50. The van der Waals surface area contributed by atoms with Gasteiger partial charge in [-0.15, -0.1) is 0 Å². The van der Waals surface area contributed by atoms with E-state index in [4.69, 9.17) is 4.74 Å². The fourth-order valence-corrected chi connectivity index (χ4v) is 1.75. The molecule has 1 aliphatic rings. The molecule has 0 aliphatic carbocycles. The Balaban J connectivity index is 2.36. The van der Waals surface area contributed by atoms with Crippen molar-refractivity contribution in [2.24, 2.45) is 5.92 Å². The minimum atomic E-state index is 0.582. The van der Waals surface area contributed by atoms with Crippen LogP contribution in [0.3, 0.4) is 0 Å². The van der Waals surface area contributed by atoms with Crippen LogP contribution in [0.25, 0.3) is 0 Å². The molecule has 0 radical (unpaired) electrons. The van der Waals surface area contributed by atoms with Crippen LogP contribution < -0.4 is 4.74 Å². The van der Waals surface area contributed by atoms with Gasteiger partial charge in [0.2, 0.25) is 5.88 Å². The Hall–Kier alpha value is -0.260. The van der Waals surface area contributed by atoms with Gasteiger partial charge in [-0.1, -0.05) is 6.92 Å². The quantitative estimate of drug-likeness (QED) is 0.664. The minimum absolute atomic E-state index is 0.582. The molecule has 0 aromatic carbocycles. The third kappa shape index (κ3) is 1.23. The van der Waals surface area contributed by atoms with Gasteiger partial charge in [-0.2, -0.15) is 5.10 Å². The smallest absolute Gasteiger partial charge is 0.225 e. The lowest BCUT2D eigenvalue weighted by atomic mass is 10.2. The molecule has 4 heteroatoms. The number of hydrogen-bond donors (Lipinski definition) is 0. The fraction of sp³-hybridized carbons (Fsp3) is 0.571. The summed E-state index contributed by atoms with van der Waals surface area (Å²) in [5.41, 5.74) is 0. The summed E-state index contributed by atoms with van der Waals surface area (Å²) in [6, 6.07) is 0. The van der Waals surface area contributed by atoms with E-state index in [9.17, 15) is 0 Å². The summed E-state index contributed by atoms with van der Waals surface area (Å²) >= 11 is 2.24. The van der Waals surface area contributed by atoms with E-state index >= 15 is 0 Å². The van der Waals surface area contributed by atoms with Gasteiger partial charge in [-0.05, 0) is 22.6 Å². The van der Waals surface area contributed by atoms with Crippen molar-refractivity contribution in [3.8, 4) is 5.88 Å². The second-order valence-electron chi connectivity index (χ2n) is 2.90. The molecule has 0 fully saturated rings. The van der Waals surface area contributed by atoms with Crippen molar-refractivity contribution in [3.63, 3.8) is 0 Å². The SMILES string of the molecule is CC1COc2c(I)cnn2C1. The zero-order valence-corrected chi connectivity index (χ0v) is 8.41. The molecule has 1 atom stereocenters. The molecule has 0 spiro atoms. The van der Waals surface area contributed by atoms with Crippen molar-refractivity contribution in [2.45, 2.75) is 13.5 Å². The Bertz CT molecular complexity index is 271. The van der Waals surface area contributed by atoms with Crippen molar-refractivity contribution in [1.29, 1.82) is 0 Å². The van der Waals surface area contributed by atoms with Gasteiger partial charge in [0.1, 0.15) is 0 Å². The van der Waals surface area contributed by atoms with Crippen LogP contribution in [0.4, 0.5) is 0 Å². The van der Waals surface area contributed by atoms with Crippen LogP contribution >= 0.6 is 22.6 Å². The Morgan fingerprint density at radius 2 is 2.64 bits per heavy atom. The lowest BCUT2D eigenvalue weighted by Crippen LogP contribution is -2.23. The molecule has 0 bridgehead atoms. The Morgan fingerprint density at radius 1 is 1.82 bits per heavy atom. The van der Waals surface area contributed by atoms with Gasteiger partial charge in [0.05, 0.1) is 22.9 Å². The average molecular weight is 264 g/mol. The standard InChI is InChI=1S/C7H9IN2O/c1-5-3-10-7(11-4-5)6(8)2-9-10/h2,5H,3-4H2,1H3. The van der Waals surface area contributed by atoms with E-state index in [1.54, 1.807) is 0 Å². The molecular weight excluding hydrogens is 255 g/mol. The van der Waals surface area contributed by atoms with Crippen molar-refractivity contribution in [1.82, 2.24) is 9.78 Å². The van der Waals surface area contributed by atoms with Gasteiger partial charge in [0, 0.05) is 5.92 Å². The number of fused-ring (bicyclic) bond motifs is 1. The minimum Gasteiger partial charge on any atom is -0.477 e. The van der Waals surface area contributed by atoms with Crippen molar-refractivity contribution >= 4 is 22.6 Å². The number of ether oxygens (including phenoxy) is 1. The predicted octanol–water partition coefficient (Wildman–Crippen LogP) is 1.52. The Morgan fingerprint density at radius 3 is 3.45 bits per heavy atom. The van der Waals surface area contributed by atoms with E-state index in [2.05, 4.69) is 34.6 Å². The van der Waals surface area contributed by atoms with E-state index in [0.29, 0.717) is 5.92 Å². The molecule has 0 N–H and O–H groups in total. The van der Waals surface area contributed by atoms with Gasteiger partial charge >= 0.3 is 0 Å². The first-order chi connectivity index (χ1) is 5.27. The van der Waals surface area contributed by atoms with Crippen molar-refractivity contribution in [3.05, 3.63) is 9.77 Å². The maximum Gasteiger partial charge on any atom is 0.225 e. The summed E-state index contributed by atoms with van der Waals surface area (Å²) in [6.07, 6.45) is 1.84. The molecule has 1 unspecified atom stereocenters. The predicted molar refractivity (Wildman–Crippen MR) is 49.6 cm³/mol. The second-order valence-corrected chi connectivity index (χ2v) is 4.06. The van der Waals surface area contributed by atoms with Crippen LogP contribution in [-0.4, -0.2) is 16.4 Å². The highest BCUT2D eigenvalue weighted by molar-refractivity contribution is 14.1. The van der Waals surface area contributed by atoms with E-state index in [1.807, 2.05) is 10.9 Å². The second kappa shape index (κ2) is 2.66. The van der Waals surface area contributed by atoms with E-state index in [-0.39, 0.29) is 0 Å². The number of hydrogen-bond acceptors (Lipinski definition) is 2. The van der Waals surface area contributed by atoms with E-state index in [0.717, 1.165) is 22.6 Å². The number of nitrogens with zero attached hydrogens (tertiary/aromatic N) is 2. The first-order valence-corrected chi connectivity index (χ1v) is 4.69. The summed E-state index contributed by atoms with van der Waals surface area (Å²) in [7, 11) is 0. The van der Waals surface area contributed by atoms with Crippen LogP contribution in [0.2, 0.25) is 0 Å². The molecule has 0 saturated heterocycles. The number of aromatic nitrogens is 2. The molecular formula is C7H9IN2O. The van der Waals surface area contributed by atoms with Gasteiger partial charge < -0.3 is 4.74 Å². The molecule has 0 saturated carbocycles. The van der Waals surface area contributed by atoms with Crippen molar-refractivity contribution < 1.29 is 4.74 Å². The summed E-state index contributed by atoms with van der Waals surface area (Å²) in [4.78, 5) is 0. The third-order valence-electron chi connectivity index (χ3n) is 1.74. The molecule has 3 nitrogen and oxygen atoms in total. The molecule has 2 heterocycles. The van der Waals surface area contributed by atoms with Crippen LogP contribution in [0.5, 0.6) is 5.88 Å². The van der Waals surface area contributed by atoms with Crippen LogP contribution in [-0.2, 0) is 6.54 Å². The Labute approximate surface area is 78.9 Å². The van der Waals surface area contributed by atoms with Gasteiger partial charge in [0.25, 0.3) is 0 Å². The van der Waals surface area contributed by atoms with Crippen LogP contribution in [0, 0.1) is 9.49 Å². The first kappa shape index (κ1) is 7.39. The van der Waals surface area contributed by atoms with Crippen molar-refractivity contribution in [2.75, 3.05) is 6.61 Å². The van der Waals surface area contributed by atoms with Crippen LogP contribution in [0.1, 0.15) is 6.92 Å². The zero-order valence-electron chi connectivity index (χ0n) is 6.25. The molecule has 1 aromatic heterocycles. The normalized spacial score (nSPS) is 22.5. The molecule has 2 rings (SSSR count). The Kier molecular flexibility index (Phi) is 1.78. The molecule has 1 aliphatic heterocycles. The average Bonchev–Trinajstić information content (AvgIpc) is 2.32. The monoisotopic (exact) mass is 264 g/mol. The number of halogens is 1. The van der Waals surface area contributed by atoms with Gasteiger partial charge in [-0.25, -0.2) is 4.68 Å². The fourth-order valence-electron chi connectivity index (χ4n) is 1.19. The van der Waals surface area contributed by atoms with Crippen LogP contribution in [0.15, 0.2) is 6.20 Å². The summed E-state index contributed by atoms with van der Waals surface area (Å²) in [6.45, 7) is 3.97. The van der Waals surface area contributed by atoms with E-state index in [1.165, 1.54) is 0 Å². The highest BCUT2D eigenvalue weighted by Gasteiger charge is 2.18. The topological polar surface area (TPSA) is 27.1 Å². The zero-order chi connectivity index (χ0) is 7.84. The molecule has 60 valence electrons. The third-order valence-corrected chi connectivity index (χ3v) is 2.48. The van der Waals surface area contributed by atoms with Gasteiger partial charge in [0.15, 0.2) is 0 Å². The molecule has 1 aromatic rings. The lowest BCUT2D eigenvalue weighted by molar-refractivity contribution is 0.174. The largest absolute Gasteiger partial charge is 0.477 e. The highest BCUT2D eigenvalue weighted by Crippen LogP contribution is 2.25. The summed E-state index contributed by atoms with van der Waals surface area (Å²) < 4.78 is 8.53. The highest BCUT2D eigenvalue weighted by atomic mass is 127.